The van der Waals surface area contributed by atoms with Crippen molar-refractivity contribution in [2.45, 2.75) is 13.8 Å². The standard InChI is InChI=1S/C11H11NO3/c1-8(14)12(9(2)15)11-5-3-10(7-13)4-6-11/h3-7H,1-2H3. The maximum Gasteiger partial charge on any atom is 0.230 e. The molecule has 0 saturated heterocycles. The zero-order valence-electron chi connectivity index (χ0n) is 8.56. The Hall–Kier alpha value is -1.97. The van der Waals surface area contributed by atoms with E-state index in [0.717, 1.165) is 4.90 Å². The summed E-state index contributed by atoms with van der Waals surface area (Å²) in [7, 11) is 0. The number of aldehydes is 1. The van der Waals surface area contributed by atoms with E-state index in [4.69, 9.17) is 0 Å². The van der Waals surface area contributed by atoms with Crippen molar-refractivity contribution in [3.05, 3.63) is 29.8 Å². The predicted octanol–water partition coefficient (Wildman–Crippen LogP) is 1.40. The van der Waals surface area contributed by atoms with Crippen molar-refractivity contribution < 1.29 is 14.4 Å². The van der Waals surface area contributed by atoms with Crippen LogP contribution < -0.4 is 4.90 Å². The molecule has 0 N–H and O–H groups in total. The Labute approximate surface area is 87.5 Å². The first-order valence-electron chi connectivity index (χ1n) is 4.42. The Bertz CT molecular complexity index is 381. The van der Waals surface area contributed by atoms with Gasteiger partial charge in [0.1, 0.15) is 6.29 Å². The molecule has 4 nitrogen and oxygen atoms in total. The minimum Gasteiger partial charge on any atom is -0.298 e. The normalized spacial score (nSPS) is 9.47. The van der Waals surface area contributed by atoms with Crippen molar-refractivity contribution in [1.82, 2.24) is 0 Å². The molecule has 2 amide bonds. The summed E-state index contributed by atoms with van der Waals surface area (Å²) in [6, 6.07) is 6.24. The summed E-state index contributed by atoms with van der Waals surface area (Å²) in [4.78, 5) is 33.8. The fourth-order valence-corrected chi connectivity index (χ4v) is 1.29. The largest absolute Gasteiger partial charge is 0.298 e. The first kappa shape index (κ1) is 11.1. The van der Waals surface area contributed by atoms with E-state index < -0.39 is 0 Å². The molecule has 0 radical (unpaired) electrons. The summed E-state index contributed by atoms with van der Waals surface area (Å²) in [6.45, 7) is 2.63. The molecule has 0 aliphatic rings. The Morgan fingerprint density at radius 2 is 1.53 bits per heavy atom. The number of nitrogens with zero attached hydrogens (tertiary/aromatic N) is 1. The highest BCUT2D eigenvalue weighted by atomic mass is 16.2. The van der Waals surface area contributed by atoms with Crippen molar-refractivity contribution in [1.29, 1.82) is 0 Å². The molecular formula is C11H11NO3. The Morgan fingerprint density at radius 1 is 1.07 bits per heavy atom. The van der Waals surface area contributed by atoms with Crippen molar-refractivity contribution >= 4 is 23.8 Å². The number of amides is 2. The molecule has 78 valence electrons. The molecule has 0 aliphatic carbocycles. The highest BCUT2D eigenvalue weighted by Crippen LogP contribution is 2.15. The highest BCUT2D eigenvalue weighted by Gasteiger charge is 2.15. The molecule has 0 spiro atoms. The van der Waals surface area contributed by atoms with Crippen LogP contribution in [0.3, 0.4) is 0 Å². The molecule has 15 heavy (non-hydrogen) atoms. The van der Waals surface area contributed by atoms with Crippen molar-refractivity contribution in [3.63, 3.8) is 0 Å². The third kappa shape index (κ3) is 2.49. The lowest BCUT2D eigenvalue weighted by molar-refractivity contribution is -0.124. The van der Waals surface area contributed by atoms with E-state index in [9.17, 15) is 14.4 Å². The molecule has 0 aromatic heterocycles. The van der Waals surface area contributed by atoms with Gasteiger partial charge in [0, 0.05) is 19.4 Å². The zero-order chi connectivity index (χ0) is 11.4. The zero-order valence-corrected chi connectivity index (χ0v) is 8.56. The highest BCUT2D eigenvalue weighted by molar-refractivity contribution is 6.13. The minimum atomic E-state index is -0.346. The molecule has 0 aliphatic heterocycles. The van der Waals surface area contributed by atoms with E-state index in [-0.39, 0.29) is 11.8 Å². The number of carbonyl (C=O) groups is 3. The Morgan fingerprint density at radius 3 is 1.87 bits per heavy atom. The third-order valence-corrected chi connectivity index (χ3v) is 1.92. The monoisotopic (exact) mass is 205 g/mol. The number of rotatable bonds is 2. The molecule has 0 heterocycles. The average Bonchev–Trinajstić information content (AvgIpc) is 2.18. The lowest BCUT2D eigenvalue weighted by Gasteiger charge is -2.16. The van der Waals surface area contributed by atoms with E-state index in [2.05, 4.69) is 0 Å². The molecule has 1 aromatic rings. The molecule has 1 aromatic carbocycles. The van der Waals surface area contributed by atoms with Crippen LogP contribution in [0.2, 0.25) is 0 Å². The number of anilines is 1. The van der Waals surface area contributed by atoms with Gasteiger partial charge in [-0.25, -0.2) is 0 Å². The van der Waals surface area contributed by atoms with Crippen LogP contribution in [0.25, 0.3) is 0 Å². The van der Waals surface area contributed by atoms with Gasteiger partial charge in [-0.3, -0.25) is 19.3 Å². The smallest absolute Gasteiger partial charge is 0.230 e. The van der Waals surface area contributed by atoms with Gasteiger partial charge in [0.2, 0.25) is 11.8 Å². The molecule has 1 rings (SSSR count). The van der Waals surface area contributed by atoms with Crippen LogP contribution in [0.15, 0.2) is 24.3 Å². The lowest BCUT2D eigenvalue weighted by atomic mass is 10.2. The van der Waals surface area contributed by atoms with Gasteiger partial charge in [-0.15, -0.1) is 0 Å². The summed E-state index contributed by atoms with van der Waals surface area (Å²) in [5, 5.41) is 0. The third-order valence-electron chi connectivity index (χ3n) is 1.92. The molecular weight excluding hydrogens is 194 g/mol. The van der Waals surface area contributed by atoms with Crippen LogP contribution in [0.5, 0.6) is 0 Å². The molecule has 0 fully saturated rings. The Balaban J connectivity index is 3.07. The molecule has 0 atom stereocenters. The summed E-state index contributed by atoms with van der Waals surface area (Å²) in [5.41, 5.74) is 0.978. The van der Waals surface area contributed by atoms with Gasteiger partial charge in [0.05, 0.1) is 5.69 Å². The second kappa shape index (κ2) is 4.50. The number of benzene rings is 1. The van der Waals surface area contributed by atoms with Gasteiger partial charge >= 0.3 is 0 Å². The maximum atomic E-state index is 11.2. The van der Waals surface area contributed by atoms with E-state index in [1.807, 2.05) is 0 Å². The van der Waals surface area contributed by atoms with E-state index in [0.29, 0.717) is 17.5 Å². The summed E-state index contributed by atoms with van der Waals surface area (Å²) in [5.74, 6) is -0.692. The molecule has 0 unspecified atom stereocenters. The quantitative estimate of drug-likeness (QED) is 0.686. The van der Waals surface area contributed by atoms with Crippen LogP contribution in [-0.2, 0) is 9.59 Å². The van der Waals surface area contributed by atoms with Crippen molar-refractivity contribution in [3.8, 4) is 0 Å². The summed E-state index contributed by atoms with van der Waals surface area (Å²) < 4.78 is 0. The first-order chi connectivity index (χ1) is 7.06. The fourth-order valence-electron chi connectivity index (χ4n) is 1.29. The Kier molecular flexibility index (Phi) is 3.33. The second-order valence-electron chi connectivity index (χ2n) is 3.08. The topological polar surface area (TPSA) is 54.5 Å². The van der Waals surface area contributed by atoms with Gasteiger partial charge in [-0.2, -0.15) is 0 Å². The fraction of sp³-hybridized carbons (Fsp3) is 0.182. The number of imide groups is 1. The van der Waals surface area contributed by atoms with Crippen LogP contribution in [0.1, 0.15) is 24.2 Å². The lowest BCUT2D eigenvalue weighted by Crippen LogP contribution is -2.32. The number of hydrogen-bond acceptors (Lipinski definition) is 3. The van der Waals surface area contributed by atoms with Crippen molar-refractivity contribution in [2.24, 2.45) is 0 Å². The maximum absolute atomic E-state index is 11.2. The van der Waals surface area contributed by atoms with Gasteiger partial charge < -0.3 is 0 Å². The van der Waals surface area contributed by atoms with Gasteiger partial charge in [0.15, 0.2) is 0 Å². The number of hydrogen-bond donors (Lipinski definition) is 0. The van der Waals surface area contributed by atoms with Gasteiger partial charge in [-0.05, 0) is 24.3 Å². The van der Waals surface area contributed by atoms with Crippen molar-refractivity contribution in [2.75, 3.05) is 4.90 Å². The molecule has 4 heteroatoms. The predicted molar refractivity (Wildman–Crippen MR) is 55.7 cm³/mol. The summed E-state index contributed by atoms with van der Waals surface area (Å²) >= 11 is 0. The molecule has 0 bridgehead atoms. The van der Waals surface area contributed by atoms with E-state index >= 15 is 0 Å². The van der Waals surface area contributed by atoms with Gasteiger partial charge in [-0.1, -0.05) is 0 Å². The van der Waals surface area contributed by atoms with Crippen LogP contribution >= 0.6 is 0 Å². The first-order valence-corrected chi connectivity index (χ1v) is 4.42. The SMILES string of the molecule is CC(=O)N(C(C)=O)c1ccc(C=O)cc1. The van der Waals surface area contributed by atoms with Gasteiger partial charge in [0.25, 0.3) is 0 Å². The second-order valence-corrected chi connectivity index (χ2v) is 3.08. The minimum absolute atomic E-state index is 0.346. The van der Waals surface area contributed by atoms with E-state index in [1.165, 1.54) is 13.8 Å². The summed E-state index contributed by atoms with van der Waals surface area (Å²) in [6.07, 6.45) is 0.704. The van der Waals surface area contributed by atoms with Crippen LogP contribution in [-0.4, -0.2) is 18.1 Å². The molecule has 0 saturated carbocycles. The van der Waals surface area contributed by atoms with E-state index in [1.54, 1.807) is 24.3 Å². The number of carbonyl (C=O) groups excluding carboxylic acids is 3. The van der Waals surface area contributed by atoms with Crippen LogP contribution in [0.4, 0.5) is 5.69 Å². The van der Waals surface area contributed by atoms with Crippen LogP contribution in [0, 0.1) is 0 Å². The average molecular weight is 205 g/mol.